The van der Waals surface area contributed by atoms with Crippen molar-refractivity contribution in [3.05, 3.63) is 0 Å². The molecule has 96 valence electrons. The largest absolute Gasteiger partial charge is 0.306 e. The Labute approximate surface area is 105 Å². The van der Waals surface area contributed by atoms with Crippen LogP contribution in [-0.4, -0.2) is 49.1 Å². The zero-order chi connectivity index (χ0) is 12.3. The lowest BCUT2D eigenvalue weighted by molar-refractivity contribution is 0.0836. The Morgan fingerprint density at radius 2 is 1.53 bits per heavy atom. The molecular weight excluding hydrogens is 210 g/mol. The van der Waals surface area contributed by atoms with Crippen molar-refractivity contribution < 1.29 is 0 Å². The highest BCUT2D eigenvalue weighted by Gasteiger charge is 2.29. The van der Waals surface area contributed by atoms with Gasteiger partial charge in [0, 0.05) is 18.0 Å². The molecule has 1 heterocycles. The number of hydrogen-bond acceptors (Lipinski definition) is 3. The van der Waals surface area contributed by atoms with E-state index in [1.165, 1.54) is 38.8 Å². The number of nitriles is 1. The highest BCUT2D eigenvalue weighted by molar-refractivity contribution is 4.91. The average molecular weight is 235 g/mol. The molecule has 0 atom stereocenters. The van der Waals surface area contributed by atoms with E-state index in [-0.39, 0.29) is 0 Å². The van der Waals surface area contributed by atoms with Gasteiger partial charge in [-0.2, -0.15) is 5.26 Å². The van der Waals surface area contributed by atoms with Crippen molar-refractivity contribution in [3.63, 3.8) is 0 Å². The predicted octanol–water partition coefficient (Wildman–Crippen LogP) is 2.09. The monoisotopic (exact) mass is 235 g/mol. The Kier molecular flexibility index (Phi) is 4.42. The van der Waals surface area contributed by atoms with E-state index < -0.39 is 0 Å². The second-order valence-electron chi connectivity index (χ2n) is 5.83. The number of nitrogens with zero attached hydrogens (tertiary/aromatic N) is 3. The Balaban J connectivity index is 1.80. The fraction of sp³-hybridized carbons (Fsp3) is 0.929. The van der Waals surface area contributed by atoms with Crippen LogP contribution in [0.25, 0.3) is 0 Å². The van der Waals surface area contributed by atoms with Crippen molar-refractivity contribution in [1.82, 2.24) is 9.80 Å². The summed E-state index contributed by atoms with van der Waals surface area (Å²) >= 11 is 0. The first-order valence-electron chi connectivity index (χ1n) is 7.01. The second-order valence-corrected chi connectivity index (χ2v) is 5.83. The minimum Gasteiger partial charge on any atom is -0.306 e. The summed E-state index contributed by atoms with van der Waals surface area (Å²) in [5.74, 6) is 0.331. The summed E-state index contributed by atoms with van der Waals surface area (Å²) in [6, 6.07) is 3.93. The van der Waals surface area contributed by atoms with E-state index in [0.717, 1.165) is 24.9 Å². The van der Waals surface area contributed by atoms with Crippen LogP contribution in [0.15, 0.2) is 0 Å². The van der Waals surface area contributed by atoms with E-state index in [2.05, 4.69) is 30.0 Å². The van der Waals surface area contributed by atoms with E-state index in [1.54, 1.807) is 0 Å². The van der Waals surface area contributed by atoms with Gasteiger partial charge in [-0.1, -0.05) is 0 Å². The maximum absolute atomic E-state index is 8.92. The van der Waals surface area contributed by atoms with Crippen molar-refractivity contribution in [2.45, 2.75) is 50.6 Å². The summed E-state index contributed by atoms with van der Waals surface area (Å²) < 4.78 is 0. The fourth-order valence-electron chi connectivity index (χ4n) is 3.31. The smallest absolute Gasteiger partial charge is 0.0655 e. The molecule has 0 aromatic rings. The molecule has 1 saturated heterocycles. The summed E-state index contributed by atoms with van der Waals surface area (Å²) in [7, 11) is 4.52. The highest BCUT2D eigenvalue weighted by Crippen LogP contribution is 2.29. The summed E-state index contributed by atoms with van der Waals surface area (Å²) in [6.45, 7) is 2.48. The zero-order valence-corrected chi connectivity index (χ0v) is 11.2. The van der Waals surface area contributed by atoms with E-state index in [0.29, 0.717) is 5.92 Å². The number of hydrogen-bond donors (Lipinski definition) is 0. The SMILES string of the molecule is CN1CCC(N(C)C2CCC(C#N)CC2)CC1. The molecule has 0 bridgehead atoms. The van der Waals surface area contributed by atoms with Gasteiger partial charge in [0.15, 0.2) is 0 Å². The molecule has 1 aliphatic heterocycles. The minimum atomic E-state index is 0.331. The van der Waals surface area contributed by atoms with Gasteiger partial charge in [0.05, 0.1) is 6.07 Å². The molecule has 2 rings (SSSR count). The number of likely N-dealkylation sites (tertiary alicyclic amines) is 1. The third-order valence-corrected chi connectivity index (χ3v) is 4.72. The molecule has 0 aromatic heterocycles. The summed E-state index contributed by atoms with van der Waals surface area (Å²) in [5, 5.41) is 8.92. The Morgan fingerprint density at radius 1 is 1.00 bits per heavy atom. The van der Waals surface area contributed by atoms with Gasteiger partial charge in [0.2, 0.25) is 0 Å². The zero-order valence-electron chi connectivity index (χ0n) is 11.2. The van der Waals surface area contributed by atoms with Crippen molar-refractivity contribution in [1.29, 1.82) is 5.26 Å². The minimum absolute atomic E-state index is 0.331. The van der Waals surface area contributed by atoms with E-state index in [1.807, 2.05) is 0 Å². The Morgan fingerprint density at radius 3 is 2.06 bits per heavy atom. The van der Waals surface area contributed by atoms with Gasteiger partial charge in [-0.25, -0.2) is 0 Å². The molecule has 3 heteroatoms. The van der Waals surface area contributed by atoms with Crippen LogP contribution in [-0.2, 0) is 0 Å². The van der Waals surface area contributed by atoms with Crippen LogP contribution in [0.1, 0.15) is 38.5 Å². The first-order valence-corrected chi connectivity index (χ1v) is 7.01. The first kappa shape index (κ1) is 12.9. The van der Waals surface area contributed by atoms with Gasteiger partial charge >= 0.3 is 0 Å². The van der Waals surface area contributed by atoms with Gasteiger partial charge < -0.3 is 9.80 Å². The molecule has 0 unspecified atom stereocenters. The van der Waals surface area contributed by atoms with Gasteiger partial charge in [-0.15, -0.1) is 0 Å². The molecule has 0 N–H and O–H groups in total. The molecule has 0 amide bonds. The lowest BCUT2D eigenvalue weighted by Gasteiger charge is -2.41. The number of rotatable bonds is 2. The molecule has 0 spiro atoms. The molecule has 3 nitrogen and oxygen atoms in total. The third kappa shape index (κ3) is 3.20. The van der Waals surface area contributed by atoms with E-state index in [9.17, 15) is 0 Å². The molecule has 0 radical (unpaired) electrons. The average Bonchev–Trinajstić information content (AvgIpc) is 2.39. The molecule has 2 aliphatic rings. The van der Waals surface area contributed by atoms with Crippen molar-refractivity contribution in [2.24, 2.45) is 5.92 Å². The molecule has 0 aromatic carbocycles. The van der Waals surface area contributed by atoms with E-state index >= 15 is 0 Å². The maximum Gasteiger partial charge on any atom is 0.0655 e. The van der Waals surface area contributed by atoms with Crippen molar-refractivity contribution in [3.8, 4) is 6.07 Å². The van der Waals surface area contributed by atoms with Crippen LogP contribution in [0.2, 0.25) is 0 Å². The van der Waals surface area contributed by atoms with Crippen LogP contribution >= 0.6 is 0 Å². The van der Waals surface area contributed by atoms with Crippen LogP contribution in [0.3, 0.4) is 0 Å². The Hall–Kier alpha value is -0.590. The lowest BCUT2D eigenvalue weighted by Crippen LogP contribution is -2.47. The highest BCUT2D eigenvalue weighted by atomic mass is 15.2. The van der Waals surface area contributed by atoms with Crippen LogP contribution < -0.4 is 0 Å². The topological polar surface area (TPSA) is 30.3 Å². The summed E-state index contributed by atoms with van der Waals surface area (Å²) in [6.07, 6.45) is 7.29. The fourth-order valence-corrected chi connectivity index (χ4v) is 3.31. The normalized spacial score (nSPS) is 32.6. The van der Waals surface area contributed by atoms with E-state index in [4.69, 9.17) is 5.26 Å². The molecular formula is C14H25N3. The first-order chi connectivity index (χ1) is 8.20. The predicted molar refractivity (Wildman–Crippen MR) is 69.6 cm³/mol. The molecule has 1 aliphatic carbocycles. The van der Waals surface area contributed by atoms with Gasteiger partial charge in [0.25, 0.3) is 0 Å². The number of piperidine rings is 1. The van der Waals surface area contributed by atoms with Crippen LogP contribution in [0.5, 0.6) is 0 Å². The molecule has 2 fully saturated rings. The van der Waals surface area contributed by atoms with Crippen molar-refractivity contribution in [2.75, 3.05) is 27.2 Å². The van der Waals surface area contributed by atoms with Crippen molar-refractivity contribution >= 4 is 0 Å². The van der Waals surface area contributed by atoms with Gasteiger partial charge in [-0.3, -0.25) is 0 Å². The second kappa shape index (κ2) is 5.84. The molecule has 17 heavy (non-hydrogen) atoms. The van der Waals surface area contributed by atoms with Gasteiger partial charge in [-0.05, 0) is 65.7 Å². The maximum atomic E-state index is 8.92. The lowest BCUT2D eigenvalue weighted by atomic mass is 9.85. The quantitative estimate of drug-likeness (QED) is 0.734. The van der Waals surface area contributed by atoms with Crippen LogP contribution in [0, 0.1) is 17.2 Å². The summed E-state index contributed by atoms with van der Waals surface area (Å²) in [4.78, 5) is 5.04. The third-order valence-electron chi connectivity index (χ3n) is 4.72. The van der Waals surface area contributed by atoms with Gasteiger partial charge in [0.1, 0.15) is 0 Å². The summed E-state index contributed by atoms with van der Waals surface area (Å²) in [5.41, 5.74) is 0. The Bertz CT molecular complexity index is 268. The molecule has 1 saturated carbocycles. The van der Waals surface area contributed by atoms with Crippen LogP contribution in [0.4, 0.5) is 0 Å². The standard InChI is InChI=1S/C14H25N3/c1-16-9-7-14(8-10-16)17(2)13-5-3-12(11-15)4-6-13/h12-14H,3-10H2,1-2H3.